The van der Waals surface area contributed by atoms with E-state index < -0.39 is 6.09 Å². The Bertz CT molecular complexity index is 731. The summed E-state index contributed by atoms with van der Waals surface area (Å²) in [6.45, 7) is 1.94. The minimum atomic E-state index is -0.586. The van der Waals surface area contributed by atoms with E-state index in [0.717, 1.165) is 5.69 Å². The fourth-order valence-corrected chi connectivity index (χ4v) is 2.39. The molecule has 0 bridgehead atoms. The fourth-order valence-electron chi connectivity index (χ4n) is 2.39. The highest BCUT2D eigenvalue weighted by atomic mass is 16.6. The van der Waals surface area contributed by atoms with Crippen molar-refractivity contribution >= 4 is 29.1 Å². The number of para-hydroxylation sites is 1. The van der Waals surface area contributed by atoms with E-state index >= 15 is 0 Å². The van der Waals surface area contributed by atoms with Crippen LogP contribution in [-0.2, 0) is 4.79 Å². The molecule has 1 unspecified atom stereocenters. The highest BCUT2D eigenvalue weighted by Gasteiger charge is 2.18. The zero-order valence-electron chi connectivity index (χ0n) is 12.6. The minimum Gasteiger partial charge on any atom is -0.410 e. The number of hydrogen-bond donors (Lipinski definition) is 3. The maximum Gasteiger partial charge on any atom is 0.417 e. The summed E-state index contributed by atoms with van der Waals surface area (Å²) in [6, 6.07) is 14.1. The molecule has 2 amide bonds. The quantitative estimate of drug-likeness (QED) is 0.794. The topological polar surface area (TPSA) is 79.5 Å². The molecular weight excluding hydrogens is 294 g/mol. The molecule has 2 aromatic rings. The van der Waals surface area contributed by atoms with Gasteiger partial charge in [-0.25, -0.2) is 4.79 Å². The molecule has 0 spiro atoms. The fraction of sp³-hybridized carbons (Fsp3) is 0.176. The largest absolute Gasteiger partial charge is 0.417 e. The van der Waals surface area contributed by atoms with E-state index in [1.54, 1.807) is 36.4 Å². The van der Waals surface area contributed by atoms with Gasteiger partial charge in [0.25, 0.3) is 0 Å². The molecule has 1 heterocycles. The number of carbonyl (C=O) groups excluding carboxylic acids is 2. The zero-order chi connectivity index (χ0) is 16.2. The first kappa shape index (κ1) is 14.9. The summed E-state index contributed by atoms with van der Waals surface area (Å²) in [5.74, 6) is 0.399. The summed E-state index contributed by atoms with van der Waals surface area (Å²) in [7, 11) is 0. The van der Waals surface area contributed by atoms with Gasteiger partial charge in [-0.1, -0.05) is 18.2 Å². The Kier molecular flexibility index (Phi) is 4.14. The lowest BCUT2D eigenvalue weighted by atomic mass is 10.2. The SMILES string of the molecule is CC1CC(=O)Nc2cc(NC(=O)Oc3ccccc3)ccc2N1. The van der Waals surface area contributed by atoms with Crippen molar-refractivity contribution in [2.75, 3.05) is 16.0 Å². The summed E-state index contributed by atoms with van der Waals surface area (Å²) in [5.41, 5.74) is 2.00. The van der Waals surface area contributed by atoms with Crippen molar-refractivity contribution in [2.45, 2.75) is 19.4 Å². The predicted octanol–water partition coefficient (Wildman–Crippen LogP) is 3.44. The van der Waals surface area contributed by atoms with Crippen LogP contribution in [-0.4, -0.2) is 18.0 Å². The van der Waals surface area contributed by atoms with Crippen molar-refractivity contribution in [3.8, 4) is 5.75 Å². The normalized spacial score (nSPS) is 16.4. The number of amides is 2. The van der Waals surface area contributed by atoms with Crippen LogP contribution in [0.5, 0.6) is 5.75 Å². The molecule has 6 heteroatoms. The standard InChI is InChI=1S/C17H17N3O3/c1-11-9-16(21)20-15-10-12(7-8-14(15)18-11)19-17(22)23-13-5-3-2-4-6-13/h2-8,10-11,18H,9H2,1H3,(H,19,22)(H,20,21). The molecule has 0 saturated carbocycles. The van der Waals surface area contributed by atoms with Gasteiger partial charge in [-0.3, -0.25) is 10.1 Å². The monoisotopic (exact) mass is 311 g/mol. The summed E-state index contributed by atoms with van der Waals surface area (Å²) >= 11 is 0. The van der Waals surface area contributed by atoms with Crippen LogP contribution in [0.3, 0.4) is 0 Å². The van der Waals surface area contributed by atoms with E-state index in [4.69, 9.17) is 4.74 Å². The van der Waals surface area contributed by atoms with Gasteiger partial charge in [0.1, 0.15) is 5.75 Å². The van der Waals surface area contributed by atoms with Crippen molar-refractivity contribution in [2.24, 2.45) is 0 Å². The van der Waals surface area contributed by atoms with E-state index in [2.05, 4.69) is 16.0 Å². The van der Waals surface area contributed by atoms with Gasteiger partial charge in [0, 0.05) is 18.2 Å². The van der Waals surface area contributed by atoms with Crippen LogP contribution in [0, 0.1) is 0 Å². The number of fused-ring (bicyclic) bond motifs is 1. The average Bonchev–Trinajstić information content (AvgIpc) is 2.64. The Labute approximate surface area is 133 Å². The van der Waals surface area contributed by atoms with Crippen molar-refractivity contribution in [1.29, 1.82) is 0 Å². The Morgan fingerprint density at radius 3 is 2.74 bits per heavy atom. The second kappa shape index (κ2) is 6.39. The molecule has 0 aliphatic carbocycles. The lowest BCUT2D eigenvalue weighted by Crippen LogP contribution is -2.18. The second-order valence-corrected chi connectivity index (χ2v) is 5.39. The number of ether oxygens (including phenoxy) is 1. The number of hydrogen-bond acceptors (Lipinski definition) is 4. The zero-order valence-corrected chi connectivity index (χ0v) is 12.6. The lowest BCUT2D eigenvalue weighted by molar-refractivity contribution is -0.116. The average molecular weight is 311 g/mol. The third kappa shape index (κ3) is 3.79. The van der Waals surface area contributed by atoms with E-state index in [9.17, 15) is 9.59 Å². The number of rotatable bonds is 2. The van der Waals surface area contributed by atoms with Gasteiger partial charge in [0.15, 0.2) is 0 Å². The summed E-state index contributed by atoms with van der Waals surface area (Å²) < 4.78 is 5.17. The molecule has 23 heavy (non-hydrogen) atoms. The van der Waals surface area contributed by atoms with Gasteiger partial charge in [-0.15, -0.1) is 0 Å². The number of carbonyl (C=O) groups is 2. The predicted molar refractivity (Wildman–Crippen MR) is 88.9 cm³/mol. The first-order chi connectivity index (χ1) is 11.1. The number of nitrogens with one attached hydrogen (secondary N) is 3. The summed E-state index contributed by atoms with van der Waals surface area (Å²) in [6.07, 6.45) is -0.189. The van der Waals surface area contributed by atoms with Crippen LogP contribution in [0.15, 0.2) is 48.5 Å². The van der Waals surface area contributed by atoms with Gasteiger partial charge in [0.05, 0.1) is 11.4 Å². The molecule has 0 radical (unpaired) electrons. The molecule has 0 aromatic heterocycles. The molecule has 1 atom stereocenters. The van der Waals surface area contributed by atoms with Gasteiger partial charge in [-0.2, -0.15) is 0 Å². The first-order valence-corrected chi connectivity index (χ1v) is 7.34. The molecule has 2 aromatic carbocycles. The smallest absolute Gasteiger partial charge is 0.410 e. The van der Waals surface area contributed by atoms with Gasteiger partial charge in [-0.05, 0) is 37.3 Å². The Balaban J connectivity index is 1.72. The van der Waals surface area contributed by atoms with E-state index in [0.29, 0.717) is 23.5 Å². The molecule has 1 aliphatic rings. The lowest BCUT2D eigenvalue weighted by Gasteiger charge is -2.13. The molecule has 6 nitrogen and oxygen atoms in total. The van der Waals surface area contributed by atoms with Crippen LogP contribution < -0.4 is 20.7 Å². The van der Waals surface area contributed by atoms with Crippen molar-refractivity contribution in [3.05, 3.63) is 48.5 Å². The number of benzene rings is 2. The van der Waals surface area contributed by atoms with Crippen LogP contribution >= 0.6 is 0 Å². The molecule has 3 N–H and O–H groups in total. The van der Waals surface area contributed by atoms with Crippen LogP contribution in [0.25, 0.3) is 0 Å². The Morgan fingerprint density at radius 1 is 1.17 bits per heavy atom. The van der Waals surface area contributed by atoms with Gasteiger partial charge < -0.3 is 15.4 Å². The number of anilines is 3. The van der Waals surface area contributed by atoms with Crippen LogP contribution in [0.1, 0.15) is 13.3 Å². The summed E-state index contributed by atoms with van der Waals surface area (Å²) in [4.78, 5) is 23.7. The molecule has 1 aliphatic heterocycles. The van der Waals surface area contributed by atoms with Crippen LogP contribution in [0.4, 0.5) is 21.9 Å². The maximum absolute atomic E-state index is 11.9. The molecule has 3 rings (SSSR count). The highest BCUT2D eigenvalue weighted by Crippen LogP contribution is 2.29. The van der Waals surface area contributed by atoms with E-state index in [1.165, 1.54) is 0 Å². The van der Waals surface area contributed by atoms with Crippen LogP contribution in [0.2, 0.25) is 0 Å². The van der Waals surface area contributed by atoms with Gasteiger partial charge in [0.2, 0.25) is 5.91 Å². The second-order valence-electron chi connectivity index (χ2n) is 5.39. The maximum atomic E-state index is 11.9. The minimum absolute atomic E-state index is 0.0538. The van der Waals surface area contributed by atoms with Crippen molar-refractivity contribution in [3.63, 3.8) is 0 Å². The molecular formula is C17H17N3O3. The summed E-state index contributed by atoms with van der Waals surface area (Å²) in [5, 5.41) is 8.72. The van der Waals surface area contributed by atoms with Gasteiger partial charge >= 0.3 is 6.09 Å². The highest BCUT2D eigenvalue weighted by molar-refractivity contribution is 5.98. The van der Waals surface area contributed by atoms with Crippen molar-refractivity contribution < 1.29 is 14.3 Å². The third-order valence-electron chi connectivity index (χ3n) is 3.39. The Morgan fingerprint density at radius 2 is 1.96 bits per heavy atom. The molecule has 0 fully saturated rings. The van der Waals surface area contributed by atoms with E-state index in [-0.39, 0.29) is 11.9 Å². The Hall–Kier alpha value is -3.02. The first-order valence-electron chi connectivity index (χ1n) is 7.34. The van der Waals surface area contributed by atoms with Crippen molar-refractivity contribution in [1.82, 2.24) is 0 Å². The molecule has 118 valence electrons. The third-order valence-corrected chi connectivity index (χ3v) is 3.39. The van der Waals surface area contributed by atoms with E-state index in [1.807, 2.05) is 19.1 Å². The molecule has 0 saturated heterocycles.